The highest BCUT2D eigenvalue weighted by molar-refractivity contribution is 9.10. The maximum Gasteiger partial charge on any atom is 0.137 e. The summed E-state index contributed by atoms with van der Waals surface area (Å²) in [6, 6.07) is 10.6. The summed E-state index contributed by atoms with van der Waals surface area (Å²) >= 11 is 6.63. The van der Waals surface area contributed by atoms with Gasteiger partial charge in [0.15, 0.2) is 0 Å². The fourth-order valence-corrected chi connectivity index (χ4v) is 2.86. The summed E-state index contributed by atoms with van der Waals surface area (Å²) in [6.45, 7) is 2.02. The van der Waals surface area contributed by atoms with Gasteiger partial charge < -0.3 is 5.73 Å². The molecule has 2 aromatic rings. The lowest BCUT2D eigenvalue weighted by Crippen LogP contribution is -2.12. The number of hydrogen-bond acceptors (Lipinski definition) is 1. The van der Waals surface area contributed by atoms with Crippen molar-refractivity contribution in [2.45, 2.75) is 13.0 Å². The molecule has 0 saturated carbocycles. The van der Waals surface area contributed by atoms with Crippen molar-refractivity contribution in [3.05, 3.63) is 67.9 Å². The summed E-state index contributed by atoms with van der Waals surface area (Å²) in [5, 5.41) is 0. The van der Waals surface area contributed by atoms with Crippen molar-refractivity contribution in [3.8, 4) is 0 Å². The molecule has 2 aromatic carbocycles. The van der Waals surface area contributed by atoms with Crippen LogP contribution < -0.4 is 5.73 Å². The average Bonchev–Trinajstić information content (AvgIpc) is 2.30. The van der Waals surface area contributed by atoms with Crippen LogP contribution in [0.5, 0.6) is 0 Å². The van der Waals surface area contributed by atoms with Gasteiger partial charge in [0.05, 0.1) is 10.5 Å². The molecule has 0 aliphatic carbocycles. The molecule has 18 heavy (non-hydrogen) atoms. The molecular weight excluding hydrogens is 361 g/mol. The first-order chi connectivity index (χ1) is 8.47. The molecule has 0 fully saturated rings. The van der Waals surface area contributed by atoms with Crippen molar-refractivity contribution in [1.29, 1.82) is 0 Å². The highest BCUT2D eigenvalue weighted by atomic mass is 79.9. The van der Waals surface area contributed by atoms with Crippen LogP contribution in [0.1, 0.15) is 22.7 Å². The monoisotopic (exact) mass is 371 g/mol. The molecule has 0 bridgehead atoms. The molecule has 0 aliphatic rings. The Morgan fingerprint density at radius 1 is 1.06 bits per heavy atom. The summed E-state index contributed by atoms with van der Waals surface area (Å²) < 4.78 is 14.6. The van der Waals surface area contributed by atoms with E-state index in [1.165, 1.54) is 6.07 Å². The van der Waals surface area contributed by atoms with E-state index < -0.39 is 0 Å². The van der Waals surface area contributed by atoms with Crippen molar-refractivity contribution in [2.75, 3.05) is 0 Å². The third kappa shape index (κ3) is 2.99. The molecule has 0 heterocycles. The minimum Gasteiger partial charge on any atom is -0.320 e. The summed E-state index contributed by atoms with van der Waals surface area (Å²) in [5.41, 5.74) is 9.22. The predicted molar refractivity (Wildman–Crippen MR) is 79.0 cm³/mol. The third-order valence-electron chi connectivity index (χ3n) is 2.73. The maximum absolute atomic E-state index is 13.2. The summed E-state index contributed by atoms with van der Waals surface area (Å²) in [7, 11) is 0. The molecule has 4 heteroatoms. The van der Waals surface area contributed by atoms with Crippen LogP contribution in [0.2, 0.25) is 0 Å². The lowest BCUT2D eigenvalue weighted by Gasteiger charge is -2.14. The smallest absolute Gasteiger partial charge is 0.137 e. The SMILES string of the molecule is Cc1cc(Br)cc(C(N)c2ccc(F)c(Br)c2)c1. The zero-order valence-electron chi connectivity index (χ0n) is 9.75. The number of aryl methyl sites for hydroxylation is 1. The van der Waals surface area contributed by atoms with Crippen LogP contribution in [0, 0.1) is 12.7 Å². The van der Waals surface area contributed by atoms with Gasteiger partial charge in [-0.25, -0.2) is 4.39 Å². The molecule has 0 aromatic heterocycles. The van der Waals surface area contributed by atoms with Gasteiger partial charge in [0.1, 0.15) is 5.82 Å². The van der Waals surface area contributed by atoms with E-state index in [1.807, 2.05) is 25.1 Å². The van der Waals surface area contributed by atoms with E-state index in [4.69, 9.17) is 5.73 Å². The lowest BCUT2D eigenvalue weighted by atomic mass is 9.98. The fraction of sp³-hybridized carbons (Fsp3) is 0.143. The van der Waals surface area contributed by atoms with Crippen LogP contribution in [0.25, 0.3) is 0 Å². The Morgan fingerprint density at radius 3 is 2.39 bits per heavy atom. The molecular formula is C14H12Br2FN. The summed E-state index contributed by atoms with van der Waals surface area (Å²) in [4.78, 5) is 0. The van der Waals surface area contributed by atoms with Gasteiger partial charge in [0.2, 0.25) is 0 Å². The van der Waals surface area contributed by atoms with Gasteiger partial charge in [-0.2, -0.15) is 0 Å². The molecule has 94 valence electrons. The number of hydrogen-bond donors (Lipinski definition) is 1. The van der Waals surface area contributed by atoms with Crippen molar-refractivity contribution in [1.82, 2.24) is 0 Å². The van der Waals surface area contributed by atoms with E-state index in [0.717, 1.165) is 21.2 Å². The predicted octanol–water partition coefficient (Wildman–Crippen LogP) is 4.71. The molecule has 0 aliphatic heterocycles. The second-order valence-corrected chi connectivity index (χ2v) is 5.98. The van der Waals surface area contributed by atoms with Crippen molar-refractivity contribution < 1.29 is 4.39 Å². The van der Waals surface area contributed by atoms with Gasteiger partial charge in [0, 0.05) is 4.47 Å². The first-order valence-corrected chi connectivity index (χ1v) is 7.03. The maximum atomic E-state index is 13.2. The van der Waals surface area contributed by atoms with Crippen LogP contribution in [-0.2, 0) is 0 Å². The summed E-state index contributed by atoms with van der Waals surface area (Å²) in [5.74, 6) is -0.281. The second-order valence-electron chi connectivity index (χ2n) is 4.21. The molecule has 0 spiro atoms. The fourth-order valence-electron chi connectivity index (χ4n) is 1.84. The Labute approximate surface area is 122 Å². The molecule has 0 amide bonds. The van der Waals surface area contributed by atoms with E-state index in [1.54, 1.807) is 12.1 Å². The molecule has 0 saturated heterocycles. The van der Waals surface area contributed by atoms with E-state index in [9.17, 15) is 4.39 Å². The van der Waals surface area contributed by atoms with Crippen molar-refractivity contribution in [3.63, 3.8) is 0 Å². The topological polar surface area (TPSA) is 26.0 Å². The number of halogens is 3. The highest BCUT2D eigenvalue weighted by Gasteiger charge is 2.11. The molecule has 1 atom stereocenters. The Bertz CT molecular complexity index is 564. The number of benzene rings is 2. The number of rotatable bonds is 2. The van der Waals surface area contributed by atoms with Crippen LogP contribution in [-0.4, -0.2) is 0 Å². The molecule has 0 radical (unpaired) electrons. The standard InChI is InChI=1S/C14H12Br2FN/c1-8-4-10(6-11(15)5-8)14(18)9-2-3-13(17)12(16)7-9/h2-7,14H,18H2,1H3. The highest BCUT2D eigenvalue weighted by Crippen LogP contribution is 2.27. The lowest BCUT2D eigenvalue weighted by molar-refractivity contribution is 0.619. The minimum absolute atomic E-state index is 0.266. The average molecular weight is 373 g/mol. The molecule has 1 unspecified atom stereocenters. The van der Waals surface area contributed by atoms with Crippen molar-refractivity contribution >= 4 is 31.9 Å². The Kier molecular flexibility index (Phi) is 4.20. The van der Waals surface area contributed by atoms with Gasteiger partial charge in [-0.1, -0.05) is 28.1 Å². The van der Waals surface area contributed by atoms with Gasteiger partial charge >= 0.3 is 0 Å². The Balaban J connectivity index is 2.40. The minimum atomic E-state index is -0.281. The zero-order valence-corrected chi connectivity index (χ0v) is 12.9. The van der Waals surface area contributed by atoms with Gasteiger partial charge in [-0.05, 0) is 63.8 Å². The third-order valence-corrected chi connectivity index (χ3v) is 3.79. The largest absolute Gasteiger partial charge is 0.320 e. The van der Waals surface area contributed by atoms with Crippen LogP contribution >= 0.6 is 31.9 Å². The van der Waals surface area contributed by atoms with Gasteiger partial charge in [0.25, 0.3) is 0 Å². The molecule has 2 rings (SSSR count). The van der Waals surface area contributed by atoms with E-state index in [2.05, 4.69) is 31.9 Å². The summed E-state index contributed by atoms with van der Waals surface area (Å²) in [6.07, 6.45) is 0. The quantitative estimate of drug-likeness (QED) is 0.811. The number of nitrogens with two attached hydrogens (primary N) is 1. The van der Waals surface area contributed by atoms with Crippen LogP contribution in [0.15, 0.2) is 45.3 Å². The van der Waals surface area contributed by atoms with Gasteiger partial charge in [-0.3, -0.25) is 0 Å². The molecule has 2 N–H and O–H groups in total. The second kappa shape index (κ2) is 5.51. The molecule has 1 nitrogen and oxygen atoms in total. The Hall–Kier alpha value is -0.710. The van der Waals surface area contributed by atoms with E-state index in [0.29, 0.717) is 4.47 Å². The van der Waals surface area contributed by atoms with Crippen LogP contribution in [0.3, 0.4) is 0 Å². The van der Waals surface area contributed by atoms with Crippen LogP contribution in [0.4, 0.5) is 4.39 Å². The normalized spacial score (nSPS) is 12.5. The first kappa shape index (κ1) is 13.7. The zero-order chi connectivity index (χ0) is 13.3. The van der Waals surface area contributed by atoms with E-state index in [-0.39, 0.29) is 11.9 Å². The first-order valence-electron chi connectivity index (χ1n) is 5.45. The van der Waals surface area contributed by atoms with Gasteiger partial charge in [-0.15, -0.1) is 0 Å². The van der Waals surface area contributed by atoms with E-state index >= 15 is 0 Å². The Morgan fingerprint density at radius 2 is 1.78 bits per heavy atom. The van der Waals surface area contributed by atoms with Crippen molar-refractivity contribution in [2.24, 2.45) is 5.73 Å².